The number of hydrogen-bond donors (Lipinski definition) is 3. The predicted octanol–water partition coefficient (Wildman–Crippen LogP) is 2.26. The second kappa shape index (κ2) is 12.2. The SMILES string of the molecule is C=S(C)(=O)c1ccc(NC=O)cc1.CNCc1cccnc1.NC1CCC1. The van der Waals surface area contributed by atoms with Crippen molar-refractivity contribution in [1.82, 2.24) is 10.3 Å². The standard InChI is InChI=1S/C9H11NO2S.C7H10N2.C4H9N/c1-13(2,12)9-5-3-8(4-6-9)10-7-11;1-8-5-7-3-2-4-9-6-7;5-4-2-1-3-4/h3-7H,1H2,2H3,(H,10,11);2-4,6,8H,5H2,1H3;4H,1-3,5H2. The molecule has 1 atom stereocenters. The first-order valence-electron chi connectivity index (χ1n) is 8.78. The van der Waals surface area contributed by atoms with Crippen LogP contribution in [-0.2, 0) is 20.9 Å². The molecule has 1 fully saturated rings. The van der Waals surface area contributed by atoms with E-state index < -0.39 is 9.52 Å². The Hall–Kier alpha value is -2.22. The zero-order valence-electron chi connectivity index (χ0n) is 16.1. The largest absolute Gasteiger partial charge is 0.329 e. The average Bonchev–Trinajstić information content (AvgIpc) is 2.62. The molecule has 7 heteroatoms. The molecule has 1 heterocycles. The summed E-state index contributed by atoms with van der Waals surface area (Å²) in [6.45, 7) is 0.897. The number of benzene rings is 1. The molecule has 1 aliphatic rings. The van der Waals surface area contributed by atoms with Gasteiger partial charge in [0.05, 0.1) is 0 Å². The van der Waals surface area contributed by atoms with Gasteiger partial charge >= 0.3 is 0 Å². The van der Waals surface area contributed by atoms with Crippen LogP contribution in [0.25, 0.3) is 0 Å². The molecule has 0 spiro atoms. The van der Waals surface area contributed by atoms with Gasteiger partial charge in [-0.05, 0) is 71.2 Å². The molecule has 1 unspecified atom stereocenters. The molecule has 1 aromatic heterocycles. The van der Waals surface area contributed by atoms with Crippen molar-refractivity contribution in [3.05, 3.63) is 54.4 Å². The van der Waals surface area contributed by atoms with Gasteiger partial charge in [0.2, 0.25) is 6.41 Å². The molecule has 1 aliphatic carbocycles. The maximum Gasteiger partial charge on any atom is 0.211 e. The third kappa shape index (κ3) is 9.89. The highest BCUT2D eigenvalue weighted by molar-refractivity contribution is 7.99. The highest BCUT2D eigenvalue weighted by Crippen LogP contribution is 2.14. The Morgan fingerprint density at radius 2 is 1.93 bits per heavy atom. The number of nitrogens with two attached hydrogens (primary N) is 1. The molecule has 0 radical (unpaired) electrons. The lowest BCUT2D eigenvalue weighted by Gasteiger charge is -2.18. The van der Waals surface area contributed by atoms with Crippen molar-refractivity contribution in [2.45, 2.75) is 36.7 Å². The van der Waals surface area contributed by atoms with Gasteiger partial charge in [-0.1, -0.05) is 12.5 Å². The molecular formula is C20H30N4O2S. The summed E-state index contributed by atoms with van der Waals surface area (Å²) in [5.41, 5.74) is 7.28. The van der Waals surface area contributed by atoms with Crippen LogP contribution in [0, 0.1) is 0 Å². The van der Waals surface area contributed by atoms with Gasteiger partial charge in [0.15, 0.2) is 0 Å². The molecule has 2 aromatic rings. The summed E-state index contributed by atoms with van der Waals surface area (Å²) in [5.74, 6) is 3.55. The fraction of sp³-hybridized carbons (Fsp3) is 0.350. The van der Waals surface area contributed by atoms with Crippen molar-refractivity contribution in [3.8, 4) is 0 Å². The van der Waals surface area contributed by atoms with E-state index in [0.29, 0.717) is 23.0 Å². The Balaban J connectivity index is 0.000000224. The van der Waals surface area contributed by atoms with Crippen LogP contribution < -0.4 is 16.4 Å². The van der Waals surface area contributed by atoms with E-state index in [1.165, 1.54) is 24.8 Å². The van der Waals surface area contributed by atoms with Gasteiger partial charge in [-0.2, -0.15) is 0 Å². The third-order valence-corrected chi connectivity index (χ3v) is 5.10. The first kappa shape index (κ1) is 22.8. The number of anilines is 1. The summed E-state index contributed by atoms with van der Waals surface area (Å²) in [5, 5.41) is 5.54. The van der Waals surface area contributed by atoms with Crippen LogP contribution in [0.3, 0.4) is 0 Å². The summed E-state index contributed by atoms with van der Waals surface area (Å²) in [6.07, 6.45) is 9.70. The van der Waals surface area contributed by atoms with Gasteiger partial charge in [0, 0.05) is 41.8 Å². The molecule has 4 N–H and O–H groups in total. The van der Waals surface area contributed by atoms with E-state index >= 15 is 0 Å². The Morgan fingerprint density at radius 3 is 2.30 bits per heavy atom. The third-order valence-electron chi connectivity index (χ3n) is 3.83. The van der Waals surface area contributed by atoms with E-state index in [1.807, 2.05) is 25.4 Å². The van der Waals surface area contributed by atoms with Crippen molar-refractivity contribution < 1.29 is 9.00 Å². The van der Waals surface area contributed by atoms with Crippen molar-refractivity contribution in [2.24, 2.45) is 5.73 Å². The van der Waals surface area contributed by atoms with E-state index in [1.54, 1.807) is 36.7 Å². The topological polar surface area (TPSA) is 97.1 Å². The zero-order valence-corrected chi connectivity index (χ0v) is 16.9. The first-order valence-corrected chi connectivity index (χ1v) is 10.9. The normalized spacial score (nSPS) is 14.9. The molecule has 0 aliphatic heterocycles. The molecule has 27 heavy (non-hydrogen) atoms. The Morgan fingerprint density at radius 1 is 1.30 bits per heavy atom. The number of amides is 1. The Kier molecular flexibility index (Phi) is 10.3. The fourth-order valence-electron chi connectivity index (χ4n) is 2.05. The smallest absolute Gasteiger partial charge is 0.211 e. The number of nitrogens with zero attached hydrogens (tertiary/aromatic N) is 1. The van der Waals surface area contributed by atoms with E-state index in [9.17, 15) is 9.00 Å². The number of aromatic nitrogens is 1. The molecule has 1 saturated carbocycles. The van der Waals surface area contributed by atoms with Crippen LogP contribution in [0.2, 0.25) is 0 Å². The van der Waals surface area contributed by atoms with Crippen LogP contribution in [0.15, 0.2) is 53.7 Å². The highest BCUT2D eigenvalue weighted by atomic mass is 32.2. The summed E-state index contributed by atoms with van der Waals surface area (Å²) in [4.78, 5) is 14.7. The van der Waals surface area contributed by atoms with Gasteiger partial charge in [-0.3, -0.25) is 14.0 Å². The van der Waals surface area contributed by atoms with Crippen LogP contribution in [0.5, 0.6) is 0 Å². The lowest BCUT2D eigenvalue weighted by Crippen LogP contribution is -2.27. The summed E-state index contributed by atoms with van der Waals surface area (Å²) >= 11 is 0. The van der Waals surface area contributed by atoms with Crippen LogP contribution in [0.1, 0.15) is 24.8 Å². The number of carbonyl (C=O) groups excluding carboxylic acids is 1. The molecule has 1 amide bonds. The molecule has 6 nitrogen and oxygen atoms in total. The molecule has 0 saturated heterocycles. The van der Waals surface area contributed by atoms with E-state index in [-0.39, 0.29) is 0 Å². The Bertz CT molecular complexity index is 758. The van der Waals surface area contributed by atoms with Crippen LogP contribution in [0.4, 0.5) is 5.69 Å². The number of hydrogen-bond acceptors (Lipinski definition) is 5. The molecule has 0 bridgehead atoms. The van der Waals surface area contributed by atoms with Crippen LogP contribution >= 0.6 is 0 Å². The highest BCUT2D eigenvalue weighted by Gasteiger charge is 2.09. The van der Waals surface area contributed by atoms with Gasteiger partial charge in [0.1, 0.15) is 0 Å². The maximum absolute atomic E-state index is 11.5. The minimum absolute atomic E-state index is 0.565. The fourth-order valence-corrected chi connectivity index (χ4v) is 2.77. The van der Waals surface area contributed by atoms with Gasteiger partial charge in [0.25, 0.3) is 0 Å². The molecule has 3 rings (SSSR count). The van der Waals surface area contributed by atoms with Crippen molar-refractivity contribution >= 4 is 27.5 Å². The van der Waals surface area contributed by atoms with Crippen molar-refractivity contribution in [1.29, 1.82) is 0 Å². The molecule has 148 valence electrons. The van der Waals surface area contributed by atoms with Crippen molar-refractivity contribution in [2.75, 3.05) is 18.6 Å². The van der Waals surface area contributed by atoms with Crippen LogP contribution in [-0.4, -0.2) is 40.8 Å². The zero-order chi connectivity index (χ0) is 20.1. The Labute approximate surface area is 162 Å². The molecular weight excluding hydrogens is 360 g/mol. The maximum atomic E-state index is 11.5. The predicted molar refractivity (Wildman–Crippen MR) is 114 cm³/mol. The number of rotatable bonds is 5. The lowest BCUT2D eigenvalue weighted by molar-refractivity contribution is -0.105. The molecule has 1 aromatic carbocycles. The summed E-state index contributed by atoms with van der Waals surface area (Å²) in [7, 11) is -0.227. The van der Waals surface area contributed by atoms with E-state index in [0.717, 1.165) is 6.54 Å². The van der Waals surface area contributed by atoms with Gasteiger partial charge in [-0.25, -0.2) is 0 Å². The summed E-state index contributed by atoms with van der Waals surface area (Å²) in [6, 6.07) is 11.3. The average molecular weight is 391 g/mol. The van der Waals surface area contributed by atoms with Gasteiger partial charge in [-0.15, -0.1) is 0 Å². The number of pyridine rings is 1. The number of carbonyl (C=O) groups is 1. The summed E-state index contributed by atoms with van der Waals surface area (Å²) < 4.78 is 11.5. The second-order valence-electron chi connectivity index (χ2n) is 6.37. The van der Waals surface area contributed by atoms with Gasteiger partial charge < -0.3 is 16.4 Å². The second-order valence-corrected chi connectivity index (χ2v) is 8.86. The number of nitrogens with one attached hydrogen (secondary N) is 2. The quantitative estimate of drug-likeness (QED) is 0.537. The monoisotopic (exact) mass is 390 g/mol. The minimum atomic E-state index is -2.15. The lowest BCUT2D eigenvalue weighted by atomic mass is 9.95. The van der Waals surface area contributed by atoms with Crippen molar-refractivity contribution in [3.63, 3.8) is 0 Å². The minimum Gasteiger partial charge on any atom is -0.329 e. The van der Waals surface area contributed by atoms with E-state index in [4.69, 9.17) is 5.73 Å². The van der Waals surface area contributed by atoms with E-state index in [2.05, 4.69) is 21.5 Å². The first-order chi connectivity index (χ1) is 12.9.